The number of rotatable bonds is 7. The monoisotopic (exact) mass is 475 g/mol. The normalized spacial score (nSPS) is 15.8. The molecule has 0 bridgehead atoms. The van der Waals surface area contributed by atoms with Crippen LogP contribution in [-0.4, -0.2) is 35.7 Å². The molecule has 0 aliphatic carbocycles. The van der Waals surface area contributed by atoms with E-state index in [1.54, 1.807) is 7.11 Å². The first-order chi connectivity index (χ1) is 16.5. The number of methoxy groups -OCH3 is 1. The number of benzene rings is 3. The second-order valence-corrected chi connectivity index (χ2v) is 8.86. The second kappa shape index (κ2) is 9.39. The van der Waals surface area contributed by atoms with Gasteiger partial charge >= 0.3 is 0 Å². The minimum absolute atomic E-state index is 0.0220. The van der Waals surface area contributed by atoms with E-state index in [1.807, 2.05) is 72.5 Å². The Hall–Kier alpha value is -3.51. The van der Waals surface area contributed by atoms with Crippen molar-refractivity contribution in [3.63, 3.8) is 0 Å². The average molecular weight is 476 g/mol. The number of imidazole rings is 1. The van der Waals surface area contributed by atoms with Crippen LogP contribution in [0.1, 0.15) is 23.7 Å². The smallest absolute Gasteiger partial charge is 0.227 e. The summed E-state index contributed by atoms with van der Waals surface area (Å²) in [6.07, 6.45) is 0.405. The Kier molecular flexibility index (Phi) is 6.16. The largest absolute Gasteiger partial charge is 0.493 e. The number of hydrogen-bond donors (Lipinski definition) is 0. The molecule has 0 radical (unpaired) electrons. The van der Waals surface area contributed by atoms with E-state index in [-0.39, 0.29) is 11.8 Å². The molecule has 34 heavy (non-hydrogen) atoms. The van der Waals surface area contributed by atoms with Crippen LogP contribution in [-0.2, 0) is 11.3 Å². The molecular weight excluding hydrogens is 450 g/mol. The van der Waals surface area contributed by atoms with Crippen molar-refractivity contribution in [1.29, 1.82) is 0 Å². The lowest BCUT2D eigenvalue weighted by molar-refractivity contribution is -0.117. The molecular formula is C27H26ClN3O3. The number of carbonyl (C=O) groups excluding carboxylic acids is 1. The predicted molar refractivity (Wildman–Crippen MR) is 134 cm³/mol. The maximum Gasteiger partial charge on any atom is 0.227 e. The van der Waals surface area contributed by atoms with Crippen molar-refractivity contribution >= 4 is 34.2 Å². The van der Waals surface area contributed by atoms with Crippen molar-refractivity contribution in [3.8, 4) is 11.5 Å². The fourth-order valence-electron chi connectivity index (χ4n) is 4.51. The van der Waals surface area contributed by atoms with Gasteiger partial charge in [-0.25, -0.2) is 4.98 Å². The van der Waals surface area contributed by atoms with Crippen LogP contribution >= 0.6 is 11.6 Å². The van der Waals surface area contributed by atoms with E-state index in [0.29, 0.717) is 42.6 Å². The molecule has 7 heteroatoms. The lowest BCUT2D eigenvalue weighted by atomic mass is 10.1. The highest BCUT2D eigenvalue weighted by atomic mass is 35.5. The van der Waals surface area contributed by atoms with Crippen LogP contribution in [0.15, 0.2) is 66.7 Å². The number of carbonyl (C=O) groups is 1. The van der Waals surface area contributed by atoms with E-state index in [4.69, 9.17) is 26.1 Å². The van der Waals surface area contributed by atoms with E-state index in [2.05, 4.69) is 10.6 Å². The molecule has 0 spiro atoms. The zero-order chi connectivity index (χ0) is 23.7. The lowest BCUT2D eigenvalue weighted by Gasteiger charge is -2.18. The van der Waals surface area contributed by atoms with Crippen molar-refractivity contribution in [3.05, 3.63) is 83.1 Å². The molecule has 1 saturated heterocycles. The number of anilines is 1. The summed E-state index contributed by atoms with van der Waals surface area (Å²) in [7, 11) is 1.63. The average Bonchev–Trinajstić information content (AvgIpc) is 3.42. The number of aromatic nitrogens is 2. The Bertz CT molecular complexity index is 1350. The van der Waals surface area contributed by atoms with Gasteiger partial charge in [-0.3, -0.25) is 4.79 Å². The number of nitrogens with zero attached hydrogens (tertiary/aromatic N) is 3. The molecule has 5 rings (SSSR count). The predicted octanol–water partition coefficient (Wildman–Crippen LogP) is 5.61. The Morgan fingerprint density at radius 1 is 1.06 bits per heavy atom. The molecule has 1 amide bonds. The van der Waals surface area contributed by atoms with Crippen LogP contribution in [0.2, 0.25) is 5.02 Å². The van der Waals surface area contributed by atoms with Gasteiger partial charge in [0, 0.05) is 29.6 Å². The summed E-state index contributed by atoms with van der Waals surface area (Å²) in [6, 6.07) is 21.4. The van der Waals surface area contributed by atoms with Gasteiger partial charge < -0.3 is 18.9 Å². The third-order valence-electron chi connectivity index (χ3n) is 6.28. The highest BCUT2D eigenvalue weighted by molar-refractivity contribution is 6.31. The maximum absolute atomic E-state index is 13.0. The first-order valence-corrected chi connectivity index (χ1v) is 11.7. The third kappa shape index (κ3) is 4.21. The standard InChI is InChI=1S/C27H26ClN3O3/c1-18-11-12-20(16-21(18)28)31-17-19(15-26(31)32)27-29-22-7-3-4-8-23(22)30(27)13-14-34-25-10-6-5-9-24(25)33-2/h3-12,16,19H,13-15,17H2,1-2H3/t19-/m0/s1. The summed E-state index contributed by atoms with van der Waals surface area (Å²) < 4.78 is 13.6. The lowest BCUT2D eigenvalue weighted by Crippen LogP contribution is -2.24. The summed E-state index contributed by atoms with van der Waals surface area (Å²) in [5.41, 5.74) is 3.76. The number of amides is 1. The van der Waals surface area contributed by atoms with Gasteiger partial charge in [0.2, 0.25) is 5.91 Å². The van der Waals surface area contributed by atoms with E-state index in [0.717, 1.165) is 28.1 Å². The topological polar surface area (TPSA) is 56.6 Å². The highest BCUT2D eigenvalue weighted by Crippen LogP contribution is 2.34. The van der Waals surface area contributed by atoms with Gasteiger partial charge in [0.15, 0.2) is 11.5 Å². The molecule has 1 aliphatic heterocycles. The molecule has 0 unspecified atom stereocenters. The minimum atomic E-state index is -0.0220. The Morgan fingerprint density at radius 2 is 1.82 bits per heavy atom. The summed E-state index contributed by atoms with van der Waals surface area (Å²) >= 11 is 6.32. The molecule has 1 atom stereocenters. The van der Waals surface area contributed by atoms with Gasteiger partial charge in [0.25, 0.3) is 0 Å². The van der Waals surface area contributed by atoms with Crippen molar-refractivity contribution < 1.29 is 14.3 Å². The molecule has 4 aromatic rings. The third-order valence-corrected chi connectivity index (χ3v) is 6.69. The Morgan fingerprint density at radius 3 is 2.62 bits per heavy atom. The van der Waals surface area contributed by atoms with Gasteiger partial charge in [-0.1, -0.05) is 41.9 Å². The fourth-order valence-corrected chi connectivity index (χ4v) is 4.68. The van der Waals surface area contributed by atoms with Gasteiger partial charge in [0.05, 0.1) is 24.7 Å². The van der Waals surface area contributed by atoms with Crippen molar-refractivity contribution in [2.45, 2.75) is 25.8 Å². The molecule has 0 N–H and O–H groups in total. The number of ether oxygens (including phenoxy) is 2. The van der Waals surface area contributed by atoms with Crippen molar-refractivity contribution in [2.24, 2.45) is 0 Å². The SMILES string of the molecule is COc1ccccc1OCCn1c([C@H]2CC(=O)N(c3ccc(C)c(Cl)c3)C2)nc2ccccc21. The molecule has 1 aromatic heterocycles. The van der Waals surface area contributed by atoms with Gasteiger partial charge in [-0.2, -0.15) is 0 Å². The molecule has 0 saturated carbocycles. The summed E-state index contributed by atoms with van der Waals surface area (Å²) in [5.74, 6) is 2.36. The summed E-state index contributed by atoms with van der Waals surface area (Å²) in [5, 5.41) is 0.662. The molecule has 6 nitrogen and oxygen atoms in total. The quantitative estimate of drug-likeness (QED) is 0.349. The minimum Gasteiger partial charge on any atom is -0.493 e. The first kappa shape index (κ1) is 22.3. The summed E-state index contributed by atoms with van der Waals surface area (Å²) in [4.78, 5) is 19.7. The second-order valence-electron chi connectivity index (χ2n) is 8.45. The van der Waals surface area contributed by atoms with Crippen LogP contribution in [0.3, 0.4) is 0 Å². The zero-order valence-electron chi connectivity index (χ0n) is 19.2. The molecule has 174 valence electrons. The van der Waals surface area contributed by atoms with Crippen LogP contribution in [0.5, 0.6) is 11.5 Å². The maximum atomic E-state index is 13.0. The van der Waals surface area contributed by atoms with E-state index in [9.17, 15) is 4.79 Å². The van der Waals surface area contributed by atoms with Gasteiger partial charge in [0.1, 0.15) is 12.4 Å². The molecule has 3 aromatic carbocycles. The number of hydrogen-bond acceptors (Lipinski definition) is 4. The van der Waals surface area contributed by atoms with Crippen LogP contribution < -0.4 is 14.4 Å². The fraction of sp³-hybridized carbons (Fsp3) is 0.259. The number of halogens is 1. The summed E-state index contributed by atoms with van der Waals surface area (Å²) in [6.45, 7) is 3.58. The van der Waals surface area contributed by atoms with Crippen molar-refractivity contribution in [2.75, 3.05) is 25.2 Å². The Balaban J connectivity index is 1.40. The first-order valence-electron chi connectivity index (χ1n) is 11.3. The number of fused-ring (bicyclic) bond motifs is 1. The van der Waals surface area contributed by atoms with E-state index < -0.39 is 0 Å². The molecule has 2 heterocycles. The van der Waals surface area contributed by atoms with Gasteiger partial charge in [-0.05, 0) is 48.9 Å². The van der Waals surface area contributed by atoms with Crippen LogP contribution in [0, 0.1) is 6.92 Å². The van der Waals surface area contributed by atoms with Crippen molar-refractivity contribution in [1.82, 2.24) is 9.55 Å². The number of para-hydroxylation sites is 4. The molecule has 1 aliphatic rings. The zero-order valence-corrected chi connectivity index (χ0v) is 20.0. The number of aryl methyl sites for hydroxylation is 1. The van der Waals surface area contributed by atoms with Gasteiger partial charge in [-0.15, -0.1) is 0 Å². The van der Waals surface area contributed by atoms with Crippen LogP contribution in [0.4, 0.5) is 5.69 Å². The van der Waals surface area contributed by atoms with E-state index >= 15 is 0 Å². The highest BCUT2D eigenvalue weighted by Gasteiger charge is 2.35. The van der Waals surface area contributed by atoms with E-state index in [1.165, 1.54) is 0 Å². The Labute approximate surface area is 203 Å². The van der Waals surface area contributed by atoms with Crippen LogP contribution in [0.25, 0.3) is 11.0 Å². The molecule has 1 fully saturated rings.